The second-order valence-corrected chi connectivity index (χ2v) is 6.37. The minimum absolute atomic E-state index is 0.125. The van der Waals surface area contributed by atoms with E-state index in [4.69, 9.17) is 5.73 Å². The van der Waals surface area contributed by atoms with Crippen LogP contribution in [0.15, 0.2) is 60.6 Å². The maximum atomic E-state index is 12.4. The van der Waals surface area contributed by atoms with Crippen LogP contribution in [-0.2, 0) is 11.3 Å². The van der Waals surface area contributed by atoms with Crippen LogP contribution in [-0.4, -0.2) is 15.9 Å². The number of carbonyl (C=O) groups is 1. The molecule has 4 rings (SSSR count). The molecule has 0 radical (unpaired) electrons. The van der Waals surface area contributed by atoms with Crippen molar-refractivity contribution in [2.45, 2.75) is 13.5 Å². The number of hydrogen-bond acceptors (Lipinski definition) is 5. The number of amides is 1. The highest BCUT2D eigenvalue weighted by Gasteiger charge is 2.26. The summed E-state index contributed by atoms with van der Waals surface area (Å²) in [6.07, 6.45) is 3.48. The number of aromatic amines is 1. The van der Waals surface area contributed by atoms with Gasteiger partial charge in [0.15, 0.2) is 5.95 Å². The first kappa shape index (κ1) is 16.7. The third-order valence-corrected chi connectivity index (χ3v) is 4.41. The van der Waals surface area contributed by atoms with Crippen molar-refractivity contribution < 1.29 is 4.79 Å². The number of H-pyrrole nitrogens is 1. The minimum Gasteiger partial charge on any atom is -0.399 e. The number of imidazole rings is 1. The van der Waals surface area contributed by atoms with Gasteiger partial charge in [-0.05, 0) is 42.8 Å². The molecule has 0 saturated heterocycles. The van der Waals surface area contributed by atoms with Gasteiger partial charge in [-0.3, -0.25) is 4.79 Å². The molecule has 3 aromatic rings. The second kappa shape index (κ2) is 6.87. The summed E-state index contributed by atoms with van der Waals surface area (Å²) in [5.41, 5.74) is 11.5. The molecule has 0 spiro atoms. The predicted molar refractivity (Wildman–Crippen MR) is 108 cm³/mol. The molecule has 0 fully saturated rings. The van der Waals surface area contributed by atoms with Gasteiger partial charge in [0.05, 0.1) is 5.57 Å². The van der Waals surface area contributed by atoms with Crippen LogP contribution in [0.25, 0.3) is 5.57 Å². The Kier molecular flexibility index (Phi) is 4.25. The van der Waals surface area contributed by atoms with Crippen LogP contribution >= 0.6 is 0 Å². The van der Waals surface area contributed by atoms with Gasteiger partial charge in [-0.1, -0.05) is 12.1 Å². The van der Waals surface area contributed by atoms with E-state index in [2.05, 4.69) is 25.9 Å². The molecular weight excluding hydrogens is 340 g/mol. The molecule has 0 aliphatic carbocycles. The number of allylic oxidation sites excluding steroid dienone is 1. The minimum atomic E-state index is -0.125. The van der Waals surface area contributed by atoms with Crippen LogP contribution in [0.5, 0.6) is 0 Å². The lowest BCUT2D eigenvalue weighted by Gasteiger charge is -2.11. The number of aromatic nitrogens is 2. The van der Waals surface area contributed by atoms with E-state index >= 15 is 0 Å². The molecule has 0 atom stereocenters. The fourth-order valence-corrected chi connectivity index (χ4v) is 3.09. The van der Waals surface area contributed by atoms with Crippen LogP contribution in [0.1, 0.15) is 18.1 Å². The Labute approximate surface area is 156 Å². The molecular formula is C20H20N6O. The quantitative estimate of drug-likeness (QED) is 0.354. The zero-order valence-corrected chi connectivity index (χ0v) is 14.8. The average Bonchev–Trinajstić information content (AvgIpc) is 3.27. The molecule has 7 heteroatoms. The van der Waals surface area contributed by atoms with E-state index in [9.17, 15) is 4.79 Å². The highest BCUT2D eigenvalue weighted by atomic mass is 16.2. The number of nitrogen functional groups attached to an aromatic ring is 1. The molecule has 0 saturated carbocycles. The summed E-state index contributed by atoms with van der Waals surface area (Å²) in [5, 5.41) is 9.39. The number of hydrogen-bond donors (Lipinski definition) is 5. The molecule has 2 heterocycles. The number of benzene rings is 2. The average molecular weight is 360 g/mol. The van der Waals surface area contributed by atoms with E-state index < -0.39 is 0 Å². The van der Waals surface area contributed by atoms with Gasteiger partial charge in [0, 0.05) is 47.3 Å². The molecule has 27 heavy (non-hydrogen) atoms. The molecule has 0 unspecified atom stereocenters. The number of anilines is 4. The Morgan fingerprint density at radius 1 is 1.19 bits per heavy atom. The summed E-state index contributed by atoms with van der Waals surface area (Å²) in [6, 6.07) is 13.4. The largest absolute Gasteiger partial charge is 0.399 e. The molecule has 1 aliphatic heterocycles. The van der Waals surface area contributed by atoms with E-state index in [0.29, 0.717) is 17.8 Å². The number of rotatable bonds is 5. The van der Waals surface area contributed by atoms with E-state index in [1.165, 1.54) is 0 Å². The van der Waals surface area contributed by atoms with E-state index in [1.54, 1.807) is 18.5 Å². The van der Waals surface area contributed by atoms with Crippen molar-refractivity contribution >= 4 is 34.5 Å². The van der Waals surface area contributed by atoms with Gasteiger partial charge in [-0.25, -0.2) is 4.98 Å². The Bertz CT molecular complexity index is 1010. The third-order valence-electron chi connectivity index (χ3n) is 4.41. The van der Waals surface area contributed by atoms with Crippen LogP contribution in [0.2, 0.25) is 0 Å². The molecule has 2 aromatic carbocycles. The van der Waals surface area contributed by atoms with E-state index in [0.717, 1.165) is 34.1 Å². The molecule has 0 bridgehead atoms. The van der Waals surface area contributed by atoms with Crippen LogP contribution in [0, 0.1) is 0 Å². The summed E-state index contributed by atoms with van der Waals surface area (Å²) in [6.45, 7) is 2.56. The summed E-state index contributed by atoms with van der Waals surface area (Å²) in [7, 11) is 0. The van der Waals surface area contributed by atoms with Gasteiger partial charge in [-0.2, -0.15) is 0 Å². The second-order valence-electron chi connectivity index (χ2n) is 6.37. The lowest BCUT2D eigenvalue weighted by molar-refractivity contribution is -0.110. The van der Waals surface area contributed by atoms with E-state index in [-0.39, 0.29) is 5.91 Å². The van der Waals surface area contributed by atoms with Crippen LogP contribution in [0.4, 0.5) is 23.0 Å². The van der Waals surface area contributed by atoms with Crippen molar-refractivity contribution in [2.24, 2.45) is 0 Å². The molecule has 136 valence electrons. The standard InChI is InChI=1S/C20H20N6O/c1-12(18-16-10-14(21)4-7-17(16)26-19(18)27)25-15-5-2-13(3-6-15)11-24-20-22-8-9-23-20/h2-10,25H,11,21H2,1H3,(H,26,27)(H2,22,23,24)/b18-12-. The van der Waals surface area contributed by atoms with Crippen molar-refractivity contribution in [3.8, 4) is 0 Å². The van der Waals surface area contributed by atoms with Gasteiger partial charge < -0.3 is 26.7 Å². The maximum Gasteiger partial charge on any atom is 0.258 e. The van der Waals surface area contributed by atoms with Crippen molar-refractivity contribution in [3.63, 3.8) is 0 Å². The zero-order chi connectivity index (χ0) is 18.8. The van der Waals surface area contributed by atoms with Crippen LogP contribution < -0.4 is 21.7 Å². The highest BCUT2D eigenvalue weighted by molar-refractivity contribution is 6.32. The summed E-state index contributed by atoms with van der Waals surface area (Å²) >= 11 is 0. The number of carbonyl (C=O) groups excluding carboxylic acids is 1. The Balaban J connectivity index is 1.50. The Morgan fingerprint density at radius 3 is 2.74 bits per heavy atom. The zero-order valence-electron chi connectivity index (χ0n) is 14.8. The molecule has 6 N–H and O–H groups in total. The lowest BCUT2D eigenvalue weighted by Crippen LogP contribution is -2.09. The van der Waals surface area contributed by atoms with Gasteiger partial charge in [-0.15, -0.1) is 0 Å². The third kappa shape index (κ3) is 3.48. The summed E-state index contributed by atoms with van der Waals surface area (Å²) < 4.78 is 0. The van der Waals surface area contributed by atoms with E-state index in [1.807, 2.05) is 43.3 Å². The summed E-state index contributed by atoms with van der Waals surface area (Å²) in [4.78, 5) is 19.5. The SMILES string of the molecule is C/C(Nc1ccc(CNc2ncc[nH]2)cc1)=C1/C(=O)Nc2ccc(N)cc21. The Morgan fingerprint density at radius 2 is 2.00 bits per heavy atom. The van der Waals surface area contributed by atoms with Gasteiger partial charge in [0.2, 0.25) is 0 Å². The fourth-order valence-electron chi connectivity index (χ4n) is 3.09. The lowest BCUT2D eigenvalue weighted by atomic mass is 10.0. The molecule has 7 nitrogen and oxygen atoms in total. The topological polar surface area (TPSA) is 108 Å². The van der Waals surface area contributed by atoms with Crippen molar-refractivity contribution in [3.05, 3.63) is 71.7 Å². The predicted octanol–water partition coefficient (Wildman–Crippen LogP) is 3.40. The molecule has 1 aliphatic rings. The number of nitrogens with two attached hydrogens (primary N) is 1. The van der Waals surface area contributed by atoms with Crippen LogP contribution in [0.3, 0.4) is 0 Å². The highest BCUT2D eigenvalue weighted by Crippen LogP contribution is 2.35. The number of nitrogens with zero attached hydrogens (tertiary/aromatic N) is 1. The van der Waals surface area contributed by atoms with Crippen molar-refractivity contribution in [1.82, 2.24) is 9.97 Å². The first-order valence-corrected chi connectivity index (χ1v) is 8.61. The van der Waals surface area contributed by atoms with Gasteiger partial charge in [0.1, 0.15) is 0 Å². The normalized spacial score (nSPS) is 14.5. The smallest absolute Gasteiger partial charge is 0.258 e. The Hall–Kier alpha value is -3.74. The monoisotopic (exact) mass is 360 g/mol. The number of fused-ring (bicyclic) bond motifs is 1. The van der Waals surface area contributed by atoms with Gasteiger partial charge in [0.25, 0.3) is 5.91 Å². The van der Waals surface area contributed by atoms with Crippen molar-refractivity contribution in [2.75, 3.05) is 21.7 Å². The maximum absolute atomic E-state index is 12.4. The van der Waals surface area contributed by atoms with Gasteiger partial charge >= 0.3 is 0 Å². The van der Waals surface area contributed by atoms with Crippen molar-refractivity contribution in [1.29, 1.82) is 0 Å². The first-order valence-electron chi connectivity index (χ1n) is 8.61. The molecule has 1 aromatic heterocycles. The fraction of sp³-hybridized carbons (Fsp3) is 0.100. The number of nitrogens with one attached hydrogen (secondary N) is 4. The first-order chi connectivity index (χ1) is 13.1. The summed E-state index contributed by atoms with van der Waals surface area (Å²) in [5.74, 6) is 0.614. The molecule has 1 amide bonds.